The molecule has 1 aromatic heterocycles. The average Bonchev–Trinajstić information content (AvgIpc) is 3.05. The predicted molar refractivity (Wildman–Crippen MR) is 98.6 cm³/mol. The van der Waals surface area contributed by atoms with Gasteiger partial charge in [-0.1, -0.05) is 35.0 Å². The van der Waals surface area contributed by atoms with Gasteiger partial charge in [0.15, 0.2) is 5.82 Å². The molecule has 138 valence electrons. The highest BCUT2D eigenvalue weighted by Crippen LogP contribution is 2.30. The summed E-state index contributed by atoms with van der Waals surface area (Å²) < 4.78 is 4.95. The normalized spacial score (nSPS) is 19.8. The molecule has 1 fully saturated rings. The maximum Gasteiger partial charge on any atom is 0.228 e. The molecule has 2 aromatic rings. The van der Waals surface area contributed by atoms with E-state index in [1.54, 1.807) is 13.0 Å². The molecule has 0 bridgehead atoms. The van der Waals surface area contributed by atoms with E-state index in [0.29, 0.717) is 48.8 Å². The van der Waals surface area contributed by atoms with Crippen molar-refractivity contribution in [3.63, 3.8) is 0 Å². The van der Waals surface area contributed by atoms with Gasteiger partial charge in [-0.2, -0.15) is 0 Å². The van der Waals surface area contributed by atoms with E-state index >= 15 is 0 Å². The lowest BCUT2D eigenvalue weighted by Crippen LogP contribution is -2.35. The van der Waals surface area contributed by atoms with Crippen LogP contribution in [0.1, 0.15) is 37.0 Å². The summed E-state index contributed by atoms with van der Waals surface area (Å²) in [5.41, 5.74) is 0.901. The van der Waals surface area contributed by atoms with Crippen molar-refractivity contribution in [2.45, 2.75) is 39.2 Å². The number of carbonyl (C=O) groups excluding carboxylic acids is 2. The third-order valence-electron chi connectivity index (χ3n) is 4.76. The second-order valence-electron chi connectivity index (χ2n) is 6.67. The van der Waals surface area contributed by atoms with Gasteiger partial charge in [-0.05, 0) is 44.2 Å². The molecule has 1 aromatic carbocycles. The Labute approximate surface area is 157 Å². The fourth-order valence-corrected chi connectivity index (χ4v) is 3.44. The Morgan fingerprint density at radius 2 is 1.81 bits per heavy atom. The molecule has 26 heavy (non-hydrogen) atoms. The van der Waals surface area contributed by atoms with Gasteiger partial charge < -0.3 is 15.2 Å². The van der Waals surface area contributed by atoms with Gasteiger partial charge in [0, 0.05) is 29.5 Å². The van der Waals surface area contributed by atoms with E-state index in [0.717, 1.165) is 5.56 Å². The van der Waals surface area contributed by atoms with Crippen molar-refractivity contribution in [2.24, 2.45) is 11.8 Å². The summed E-state index contributed by atoms with van der Waals surface area (Å²) >= 11 is 6.11. The number of nitrogens with one attached hydrogen (secondary N) is 2. The summed E-state index contributed by atoms with van der Waals surface area (Å²) in [6, 6.07) is 9.15. The van der Waals surface area contributed by atoms with Gasteiger partial charge in [0.2, 0.25) is 11.8 Å². The van der Waals surface area contributed by atoms with Crippen LogP contribution in [0.3, 0.4) is 0 Å². The topological polar surface area (TPSA) is 84.2 Å². The highest BCUT2D eigenvalue weighted by Gasteiger charge is 2.30. The van der Waals surface area contributed by atoms with Gasteiger partial charge in [-0.25, -0.2) is 0 Å². The first-order valence-corrected chi connectivity index (χ1v) is 9.16. The Morgan fingerprint density at radius 1 is 1.15 bits per heavy atom. The summed E-state index contributed by atoms with van der Waals surface area (Å²) in [7, 11) is 0. The van der Waals surface area contributed by atoms with Crippen LogP contribution in [0.5, 0.6) is 0 Å². The first-order valence-electron chi connectivity index (χ1n) is 8.78. The van der Waals surface area contributed by atoms with Crippen molar-refractivity contribution >= 4 is 29.2 Å². The monoisotopic (exact) mass is 375 g/mol. The predicted octanol–water partition coefficient (Wildman–Crippen LogP) is 3.70. The average molecular weight is 376 g/mol. The smallest absolute Gasteiger partial charge is 0.228 e. The van der Waals surface area contributed by atoms with Gasteiger partial charge in [0.05, 0.1) is 0 Å². The Bertz CT molecular complexity index is 782. The van der Waals surface area contributed by atoms with Crippen LogP contribution in [-0.4, -0.2) is 17.0 Å². The van der Waals surface area contributed by atoms with Crippen LogP contribution in [0.15, 0.2) is 34.9 Å². The van der Waals surface area contributed by atoms with Crippen molar-refractivity contribution in [1.82, 2.24) is 10.5 Å². The molecule has 0 radical (unpaired) electrons. The number of benzene rings is 1. The first kappa shape index (κ1) is 18.5. The van der Waals surface area contributed by atoms with Crippen LogP contribution in [0.2, 0.25) is 5.02 Å². The molecule has 0 unspecified atom stereocenters. The lowest BCUT2D eigenvalue weighted by atomic mass is 9.81. The van der Waals surface area contributed by atoms with Crippen LogP contribution in [0.4, 0.5) is 5.82 Å². The number of halogens is 1. The van der Waals surface area contributed by atoms with E-state index in [-0.39, 0.29) is 23.7 Å². The number of anilines is 1. The summed E-state index contributed by atoms with van der Waals surface area (Å²) in [6.45, 7) is 2.19. The van der Waals surface area contributed by atoms with E-state index in [4.69, 9.17) is 16.1 Å². The van der Waals surface area contributed by atoms with Gasteiger partial charge in [-0.3, -0.25) is 9.59 Å². The molecule has 6 nitrogen and oxygen atoms in total. The minimum atomic E-state index is -0.0976. The highest BCUT2D eigenvalue weighted by atomic mass is 35.5. The zero-order valence-electron chi connectivity index (χ0n) is 14.6. The molecule has 1 aliphatic carbocycles. The number of rotatable bonds is 5. The largest absolute Gasteiger partial charge is 0.360 e. The Hall–Kier alpha value is -2.34. The van der Waals surface area contributed by atoms with E-state index < -0.39 is 0 Å². The van der Waals surface area contributed by atoms with Gasteiger partial charge in [0.1, 0.15) is 5.76 Å². The van der Waals surface area contributed by atoms with Crippen LogP contribution < -0.4 is 10.6 Å². The van der Waals surface area contributed by atoms with Crippen molar-refractivity contribution in [1.29, 1.82) is 0 Å². The van der Waals surface area contributed by atoms with Crippen LogP contribution in [0.25, 0.3) is 0 Å². The summed E-state index contributed by atoms with van der Waals surface area (Å²) in [6.07, 6.45) is 2.77. The van der Waals surface area contributed by atoms with Gasteiger partial charge in [0.25, 0.3) is 0 Å². The summed E-state index contributed by atoms with van der Waals surface area (Å²) in [4.78, 5) is 24.7. The molecule has 1 aliphatic rings. The molecule has 0 saturated heterocycles. The van der Waals surface area contributed by atoms with Gasteiger partial charge in [-0.15, -0.1) is 0 Å². The maximum absolute atomic E-state index is 12.4. The Balaban J connectivity index is 1.44. The number of carbonyl (C=O) groups is 2. The molecular formula is C19H22ClN3O3. The zero-order valence-corrected chi connectivity index (χ0v) is 15.4. The Kier molecular flexibility index (Phi) is 5.93. The fraction of sp³-hybridized carbons (Fsp3) is 0.421. The molecule has 1 heterocycles. The van der Waals surface area contributed by atoms with Crippen LogP contribution in [-0.2, 0) is 16.1 Å². The molecule has 7 heteroatoms. The standard InChI is InChI=1S/C19H22ClN3O3/c1-12-10-17(23-26-12)22-19(25)14-8-6-13(7-9-14)18(24)21-11-15-4-2-3-5-16(15)20/h2-5,10,13-14H,6-9,11H2,1H3,(H,21,24)(H,22,23,25). The molecule has 1 saturated carbocycles. The van der Waals surface area contributed by atoms with E-state index in [1.807, 2.05) is 24.3 Å². The number of hydrogen-bond acceptors (Lipinski definition) is 4. The second-order valence-corrected chi connectivity index (χ2v) is 7.08. The van der Waals surface area contributed by atoms with E-state index in [2.05, 4.69) is 15.8 Å². The lowest BCUT2D eigenvalue weighted by molar-refractivity contribution is -0.128. The van der Waals surface area contributed by atoms with E-state index in [1.165, 1.54) is 0 Å². The number of amides is 2. The Morgan fingerprint density at radius 3 is 2.42 bits per heavy atom. The van der Waals surface area contributed by atoms with Crippen LogP contribution in [0, 0.1) is 18.8 Å². The minimum absolute atomic E-state index is 0.0240. The van der Waals surface area contributed by atoms with Crippen LogP contribution >= 0.6 is 11.6 Å². The molecule has 2 N–H and O–H groups in total. The lowest BCUT2D eigenvalue weighted by Gasteiger charge is -2.26. The third kappa shape index (κ3) is 4.64. The zero-order chi connectivity index (χ0) is 18.5. The van der Waals surface area contributed by atoms with Crippen molar-refractivity contribution in [3.8, 4) is 0 Å². The third-order valence-corrected chi connectivity index (χ3v) is 5.13. The second kappa shape index (κ2) is 8.36. The van der Waals surface area contributed by atoms with Gasteiger partial charge >= 0.3 is 0 Å². The number of aromatic nitrogens is 1. The molecular weight excluding hydrogens is 354 g/mol. The fourth-order valence-electron chi connectivity index (χ4n) is 3.24. The van der Waals surface area contributed by atoms with Crippen molar-refractivity contribution < 1.29 is 14.1 Å². The molecule has 0 spiro atoms. The first-order chi connectivity index (χ1) is 12.5. The number of nitrogens with zero attached hydrogens (tertiary/aromatic N) is 1. The van der Waals surface area contributed by atoms with Crippen molar-refractivity contribution in [2.75, 3.05) is 5.32 Å². The molecule has 3 rings (SSSR count). The molecule has 0 aliphatic heterocycles. The van der Waals surface area contributed by atoms with Crippen molar-refractivity contribution in [3.05, 3.63) is 46.7 Å². The summed E-state index contributed by atoms with van der Waals surface area (Å²) in [5, 5.41) is 10.1. The summed E-state index contributed by atoms with van der Waals surface area (Å²) in [5.74, 6) is 0.894. The molecule has 2 amide bonds. The molecule has 0 atom stereocenters. The number of aryl methyl sites for hydroxylation is 1. The minimum Gasteiger partial charge on any atom is -0.360 e. The number of hydrogen-bond donors (Lipinski definition) is 2. The maximum atomic E-state index is 12.4. The van der Waals surface area contributed by atoms with E-state index in [9.17, 15) is 9.59 Å². The SMILES string of the molecule is Cc1cc(NC(=O)C2CCC(C(=O)NCc3ccccc3Cl)CC2)no1. The quantitative estimate of drug-likeness (QED) is 0.834. The highest BCUT2D eigenvalue weighted by molar-refractivity contribution is 6.31.